The minimum Gasteiger partial charge on any atom is -0.507 e. The fourth-order valence-electron chi connectivity index (χ4n) is 5.35. The number of carbonyl (C=O) groups is 2. The molecule has 3 aromatic carbocycles. The molecule has 1 unspecified atom stereocenters. The minimum atomic E-state index is -0.718. The Morgan fingerprint density at radius 2 is 1.62 bits per heavy atom. The number of Topliss-reactive ketones (excluding diaryl/α,β-unsaturated/α-hetero) is 1. The molecule has 1 N–H and O–H groups in total. The molecule has 1 amide bonds. The zero-order valence-electron chi connectivity index (χ0n) is 21.2. The normalized spacial score (nSPS) is 18.5. The highest BCUT2D eigenvalue weighted by atomic mass is 16.5. The number of rotatable bonds is 7. The summed E-state index contributed by atoms with van der Waals surface area (Å²) >= 11 is 0. The summed E-state index contributed by atoms with van der Waals surface area (Å²) in [6.45, 7) is 0.319. The van der Waals surface area contributed by atoms with Crippen LogP contribution in [-0.4, -0.2) is 42.5 Å². The number of fused-ring (bicyclic) bond motifs is 1. The molecule has 2 aliphatic rings. The molecule has 1 saturated heterocycles. The van der Waals surface area contributed by atoms with E-state index in [0.29, 0.717) is 29.8 Å². The Morgan fingerprint density at radius 3 is 2.35 bits per heavy atom. The SMILES string of the molecule is COc1ccc(CCN2C(=O)C(=O)/C(=C(\O)c3ccc4c(c3)CCCC4)C2c2cccc(OC)c2)cc1. The maximum atomic E-state index is 13.4. The molecule has 1 atom stereocenters. The minimum absolute atomic E-state index is 0.115. The van der Waals surface area contributed by atoms with Crippen molar-refractivity contribution < 1.29 is 24.2 Å². The number of carbonyl (C=O) groups excluding carboxylic acids is 2. The van der Waals surface area contributed by atoms with Crippen LogP contribution < -0.4 is 9.47 Å². The predicted octanol–water partition coefficient (Wildman–Crippen LogP) is 5.25. The lowest BCUT2D eigenvalue weighted by Crippen LogP contribution is -2.31. The Labute approximate surface area is 217 Å². The number of benzene rings is 3. The lowest BCUT2D eigenvalue weighted by molar-refractivity contribution is -0.139. The monoisotopic (exact) mass is 497 g/mol. The molecule has 3 aromatic rings. The van der Waals surface area contributed by atoms with Crippen LogP contribution in [0.25, 0.3) is 5.76 Å². The molecule has 1 aliphatic carbocycles. The lowest BCUT2D eigenvalue weighted by atomic mass is 9.88. The summed E-state index contributed by atoms with van der Waals surface area (Å²) in [5.41, 5.74) is 4.90. The van der Waals surface area contributed by atoms with E-state index in [1.165, 1.54) is 11.1 Å². The van der Waals surface area contributed by atoms with Crippen LogP contribution in [0.1, 0.15) is 46.7 Å². The molecular weight excluding hydrogens is 466 g/mol. The van der Waals surface area contributed by atoms with Gasteiger partial charge in [0, 0.05) is 12.1 Å². The predicted molar refractivity (Wildman–Crippen MR) is 142 cm³/mol. The van der Waals surface area contributed by atoms with Gasteiger partial charge in [-0.05, 0) is 84.7 Å². The number of aliphatic hydroxyl groups excluding tert-OH is 1. The van der Waals surface area contributed by atoms with Crippen LogP contribution in [0.15, 0.2) is 72.3 Å². The second-order valence-corrected chi connectivity index (χ2v) is 9.56. The number of methoxy groups -OCH3 is 2. The standard InChI is InChI=1S/C31H31NO5/c1-36-25-14-10-20(11-15-25)16-17-32-28(23-8-5-9-26(19-23)37-2)27(30(34)31(32)35)29(33)24-13-12-21-6-3-4-7-22(21)18-24/h5,8-15,18-19,28,33H,3-4,6-7,16-17H2,1-2H3/b29-27-. The molecule has 0 bridgehead atoms. The summed E-state index contributed by atoms with van der Waals surface area (Å²) in [6.07, 6.45) is 4.79. The first-order chi connectivity index (χ1) is 18.0. The second kappa shape index (κ2) is 10.5. The van der Waals surface area contributed by atoms with Crippen LogP contribution in [0, 0.1) is 0 Å². The van der Waals surface area contributed by atoms with Crippen molar-refractivity contribution in [3.05, 3.63) is 100 Å². The number of likely N-dealkylation sites (tertiary alicyclic amines) is 1. The zero-order valence-corrected chi connectivity index (χ0v) is 21.2. The van der Waals surface area contributed by atoms with Crippen LogP contribution in [0.5, 0.6) is 11.5 Å². The quantitative estimate of drug-likeness (QED) is 0.274. The van der Waals surface area contributed by atoms with Gasteiger partial charge in [-0.1, -0.05) is 36.4 Å². The van der Waals surface area contributed by atoms with Gasteiger partial charge in [-0.15, -0.1) is 0 Å². The molecule has 0 saturated carbocycles. The first-order valence-electron chi connectivity index (χ1n) is 12.7. The van der Waals surface area contributed by atoms with E-state index in [-0.39, 0.29) is 11.3 Å². The summed E-state index contributed by atoms with van der Waals surface area (Å²) < 4.78 is 10.7. The number of ether oxygens (including phenoxy) is 2. The molecule has 5 rings (SSSR count). The fourth-order valence-corrected chi connectivity index (χ4v) is 5.35. The number of hydrogen-bond acceptors (Lipinski definition) is 5. The third kappa shape index (κ3) is 4.84. The van der Waals surface area contributed by atoms with Crippen molar-refractivity contribution in [3.63, 3.8) is 0 Å². The van der Waals surface area contributed by atoms with Gasteiger partial charge in [-0.25, -0.2) is 0 Å². The highest BCUT2D eigenvalue weighted by Gasteiger charge is 2.46. The zero-order chi connectivity index (χ0) is 25.9. The summed E-state index contributed by atoms with van der Waals surface area (Å²) in [7, 11) is 3.19. The van der Waals surface area contributed by atoms with E-state index in [0.717, 1.165) is 37.0 Å². The van der Waals surface area contributed by atoms with Gasteiger partial charge in [0.2, 0.25) is 0 Å². The molecule has 6 heteroatoms. The molecule has 6 nitrogen and oxygen atoms in total. The lowest BCUT2D eigenvalue weighted by Gasteiger charge is -2.26. The number of aryl methyl sites for hydroxylation is 2. The highest BCUT2D eigenvalue weighted by molar-refractivity contribution is 6.46. The van der Waals surface area contributed by atoms with Gasteiger partial charge in [-0.2, -0.15) is 0 Å². The van der Waals surface area contributed by atoms with Crippen molar-refractivity contribution in [1.82, 2.24) is 4.90 Å². The summed E-state index contributed by atoms with van der Waals surface area (Å²) in [6, 6.07) is 20.1. The smallest absolute Gasteiger partial charge is 0.295 e. The average Bonchev–Trinajstić information content (AvgIpc) is 3.20. The van der Waals surface area contributed by atoms with E-state index < -0.39 is 17.7 Å². The van der Waals surface area contributed by atoms with Crippen molar-refractivity contribution in [2.24, 2.45) is 0 Å². The van der Waals surface area contributed by atoms with Crippen LogP contribution in [0.3, 0.4) is 0 Å². The Morgan fingerprint density at radius 1 is 0.892 bits per heavy atom. The van der Waals surface area contributed by atoms with Crippen LogP contribution in [0.2, 0.25) is 0 Å². The molecule has 37 heavy (non-hydrogen) atoms. The van der Waals surface area contributed by atoms with Crippen molar-refractivity contribution in [2.75, 3.05) is 20.8 Å². The molecule has 1 aliphatic heterocycles. The summed E-state index contributed by atoms with van der Waals surface area (Å²) in [5.74, 6) is -0.0391. The van der Waals surface area contributed by atoms with Crippen LogP contribution in [0.4, 0.5) is 0 Å². The van der Waals surface area contributed by atoms with Crippen molar-refractivity contribution >= 4 is 17.4 Å². The first-order valence-corrected chi connectivity index (χ1v) is 12.7. The van der Waals surface area contributed by atoms with Gasteiger partial charge in [0.05, 0.1) is 25.8 Å². The Hall–Kier alpha value is -4.06. The van der Waals surface area contributed by atoms with Gasteiger partial charge in [0.15, 0.2) is 0 Å². The van der Waals surface area contributed by atoms with E-state index in [4.69, 9.17) is 9.47 Å². The molecular formula is C31H31NO5. The number of amides is 1. The van der Waals surface area contributed by atoms with E-state index in [1.54, 1.807) is 19.1 Å². The van der Waals surface area contributed by atoms with Crippen molar-refractivity contribution in [1.29, 1.82) is 0 Å². The maximum Gasteiger partial charge on any atom is 0.295 e. The second-order valence-electron chi connectivity index (χ2n) is 9.56. The van der Waals surface area contributed by atoms with Gasteiger partial charge >= 0.3 is 0 Å². The van der Waals surface area contributed by atoms with Crippen LogP contribution >= 0.6 is 0 Å². The molecule has 190 valence electrons. The van der Waals surface area contributed by atoms with E-state index in [2.05, 4.69) is 0 Å². The van der Waals surface area contributed by atoms with Gasteiger partial charge in [0.25, 0.3) is 11.7 Å². The van der Waals surface area contributed by atoms with Crippen LogP contribution in [-0.2, 0) is 28.9 Å². The number of hydrogen-bond donors (Lipinski definition) is 1. The van der Waals surface area contributed by atoms with E-state index >= 15 is 0 Å². The average molecular weight is 498 g/mol. The van der Waals surface area contributed by atoms with E-state index in [9.17, 15) is 14.7 Å². The summed E-state index contributed by atoms with van der Waals surface area (Å²) in [4.78, 5) is 28.3. The van der Waals surface area contributed by atoms with E-state index in [1.807, 2.05) is 66.7 Å². The Kier molecular flexibility index (Phi) is 6.99. The molecule has 0 radical (unpaired) electrons. The topological polar surface area (TPSA) is 76.1 Å². The largest absolute Gasteiger partial charge is 0.507 e. The third-order valence-electron chi connectivity index (χ3n) is 7.37. The Balaban J connectivity index is 1.55. The molecule has 0 aromatic heterocycles. The molecule has 1 fully saturated rings. The fraction of sp³-hybridized carbons (Fsp3) is 0.290. The van der Waals surface area contributed by atoms with Crippen molar-refractivity contribution in [3.8, 4) is 11.5 Å². The third-order valence-corrected chi connectivity index (χ3v) is 7.37. The van der Waals surface area contributed by atoms with Gasteiger partial charge in [-0.3, -0.25) is 9.59 Å². The van der Waals surface area contributed by atoms with Gasteiger partial charge in [0.1, 0.15) is 17.3 Å². The number of nitrogens with zero attached hydrogens (tertiary/aromatic N) is 1. The van der Waals surface area contributed by atoms with Crippen molar-refractivity contribution in [2.45, 2.75) is 38.1 Å². The number of aliphatic hydroxyl groups is 1. The Bertz CT molecular complexity index is 1360. The summed E-state index contributed by atoms with van der Waals surface area (Å²) in [5, 5.41) is 11.5. The highest BCUT2D eigenvalue weighted by Crippen LogP contribution is 2.40. The first kappa shape index (κ1) is 24.6. The number of ketones is 1. The molecule has 0 spiro atoms. The maximum absolute atomic E-state index is 13.4. The molecule has 1 heterocycles. The van der Waals surface area contributed by atoms with Gasteiger partial charge < -0.3 is 19.5 Å².